The molecule has 0 unspecified atom stereocenters. The Morgan fingerprint density at radius 1 is 1.22 bits per heavy atom. The van der Waals surface area contributed by atoms with Crippen molar-refractivity contribution in [3.63, 3.8) is 0 Å². The van der Waals surface area contributed by atoms with Gasteiger partial charge in [0.05, 0.1) is 19.4 Å². The average molecular weight is 359 g/mol. The van der Waals surface area contributed by atoms with Crippen molar-refractivity contribution in [2.75, 3.05) is 17.7 Å². The van der Waals surface area contributed by atoms with E-state index in [0.29, 0.717) is 10.6 Å². The van der Waals surface area contributed by atoms with Gasteiger partial charge < -0.3 is 20.5 Å². The van der Waals surface area contributed by atoms with Crippen LogP contribution in [0, 0.1) is 5.82 Å². The number of methoxy groups -OCH3 is 1. The number of hydrogen-bond acceptors (Lipinski definition) is 3. The fourth-order valence-corrected chi connectivity index (χ4v) is 2.47. The number of amides is 2. The third kappa shape index (κ3) is 4.48. The topological polar surface area (TPSA) is 70.6 Å². The largest absolute Gasteiger partial charge is 0.497 e. The van der Waals surface area contributed by atoms with Crippen LogP contribution in [0.15, 0.2) is 30.3 Å². The van der Waals surface area contributed by atoms with Crippen molar-refractivity contribution < 1.29 is 19.0 Å². The molecule has 2 aromatic rings. The molecule has 0 aromatic heterocycles. The van der Waals surface area contributed by atoms with Crippen LogP contribution in [0.1, 0.15) is 5.56 Å². The zero-order chi connectivity index (χ0) is 17.0. The van der Waals surface area contributed by atoms with E-state index in [4.69, 9.17) is 27.9 Å². The lowest BCUT2D eigenvalue weighted by atomic mass is 10.2. The number of benzene rings is 2. The molecule has 23 heavy (non-hydrogen) atoms. The van der Waals surface area contributed by atoms with Gasteiger partial charge in [0.25, 0.3) is 0 Å². The Hall–Kier alpha value is -2.02. The van der Waals surface area contributed by atoms with Crippen molar-refractivity contribution in [3.05, 3.63) is 51.8 Å². The molecule has 0 atom stereocenters. The van der Waals surface area contributed by atoms with Crippen LogP contribution in [-0.2, 0) is 6.61 Å². The minimum atomic E-state index is -0.648. The number of rotatable bonds is 4. The lowest BCUT2D eigenvalue weighted by Gasteiger charge is -2.13. The molecule has 0 bridgehead atoms. The van der Waals surface area contributed by atoms with Gasteiger partial charge in [-0.15, -0.1) is 0 Å². The second kappa shape index (κ2) is 7.50. The maximum atomic E-state index is 13.4. The van der Waals surface area contributed by atoms with E-state index >= 15 is 0 Å². The standard InChI is InChI=1S/C15H13Cl2FN2O3/c1-23-11-5-9(18)4-10(6-11)19-15(22)20-14-3-8(16)2-13(17)12(14)7-21/h2-6,21H,7H2,1H3,(H2,19,20,22). The summed E-state index contributed by atoms with van der Waals surface area (Å²) in [4.78, 5) is 12.0. The summed E-state index contributed by atoms with van der Waals surface area (Å²) in [7, 11) is 1.39. The van der Waals surface area contributed by atoms with Crippen LogP contribution in [0.5, 0.6) is 5.75 Å². The van der Waals surface area contributed by atoms with E-state index in [1.54, 1.807) is 0 Å². The van der Waals surface area contributed by atoms with Crippen LogP contribution in [-0.4, -0.2) is 18.2 Å². The highest BCUT2D eigenvalue weighted by Gasteiger charge is 2.12. The van der Waals surface area contributed by atoms with Crippen LogP contribution in [0.25, 0.3) is 0 Å². The molecule has 0 saturated heterocycles. The minimum Gasteiger partial charge on any atom is -0.497 e. The van der Waals surface area contributed by atoms with E-state index in [9.17, 15) is 14.3 Å². The van der Waals surface area contributed by atoms with Crippen molar-refractivity contribution in [2.24, 2.45) is 0 Å². The summed E-state index contributed by atoms with van der Waals surface area (Å²) in [6.07, 6.45) is 0. The zero-order valence-electron chi connectivity index (χ0n) is 12.0. The smallest absolute Gasteiger partial charge is 0.323 e. The second-order valence-electron chi connectivity index (χ2n) is 4.53. The number of hydrogen-bond donors (Lipinski definition) is 3. The number of urea groups is 1. The SMILES string of the molecule is COc1cc(F)cc(NC(=O)Nc2cc(Cl)cc(Cl)c2CO)c1. The predicted octanol–water partition coefficient (Wildman–Crippen LogP) is 4.28. The Balaban J connectivity index is 2.19. The molecular weight excluding hydrogens is 346 g/mol. The highest BCUT2D eigenvalue weighted by molar-refractivity contribution is 6.35. The summed E-state index contributed by atoms with van der Waals surface area (Å²) in [5.74, 6) is -0.288. The van der Waals surface area contributed by atoms with E-state index in [2.05, 4.69) is 10.6 Å². The van der Waals surface area contributed by atoms with Crippen molar-refractivity contribution in [1.29, 1.82) is 0 Å². The number of nitrogens with one attached hydrogen (secondary N) is 2. The minimum absolute atomic E-state index is 0.207. The Morgan fingerprint density at radius 2 is 1.96 bits per heavy atom. The van der Waals surface area contributed by atoms with Gasteiger partial charge in [0.1, 0.15) is 11.6 Å². The van der Waals surface area contributed by atoms with Gasteiger partial charge in [-0.05, 0) is 18.2 Å². The number of carbonyl (C=O) groups excluding carboxylic acids is 1. The molecular formula is C15H13Cl2FN2O3. The van der Waals surface area contributed by atoms with Crippen LogP contribution < -0.4 is 15.4 Å². The van der Waals surface area contributed by atoms with Crippen molar-refractivity contribution in [1.82, 2.24) is 0 Å². The molecule has 0 heterocycles. The van der Waals surface area contributed by atoms with Gasteiger partial charge in [0, 0.05) is 33.4 Å². The van der Waals surface area contributed by atoms with Gasteiger partial charge in [0.15, 0.2) is 0 Å². The number of halogens is 3. The monoisotopic (exact) mass is 358 g/mol. The lowest BCUT2D eigenvalue weighted by molar-refractivity contribution is 0.262. The normalized spacial score (nSPS) is 10.3. The van der Waals surface area contributed by atoms with Gasteiger partial charge >= 0.3 is 6.03 Å². The number of ether oxygens (including phenoxy) is 1. The van der Waals surface area contributed by atoms with Crippen molar-refractivity contribution in [3.8, 4) is 5.75 Å². The molecule has 0 spiro atoms. The molecule has 3 N–H and O–H groups in total. The number of aliphatic hydroxyl groups is 1. The molecule has 0 fully saturated rings. The van der Waals surface area contributed by atoms with Crippen molar-refractivity contribution in [2.45, 2.75) is 6.61 Å². The quantitative estimate of drug-likeness (QED) is 0.763. The van der Waals surface area contributed by atoms with Gasteiger partial charge in [-0.25, -0.2) is 9.18 Å². The maximum Gasteiger partial charge on any atom is 0.323 e. The van der Waals surface area contributed by atoms with Crippen LogP contribution in [0.4, 0.5) is 20.6 Å². The summed E-state index contributed by atoms with van der Waals surface area (Å²) in [6, 6.07) is 6.04. The van der Waals surface area contributed by atoms with Gasteiger partial charge in [-0.2, -0.15) is 0 Å². The molecule has 8 heteroatoms. The summed E-state index contributed by atoms with van der Waals surface area (Å²) in [5, 5.41) is 14.8. The first-order valence-corrected chi connectivity index (χ1v) is 7.20. The Kier molecular flexibility index (Phi) is 5.65. The number of anilines is 2. The molecule has 2 aromatic carbocycles. The van der Waals surface area contributed by atoms with Gasteiger partial charge in [0.2, 0.25) is 0 Å². The molecule has 5 nitrogen and oxygen atoms in total. The first-order valence-electron chi connectivity index (χ1n) is 6.44. The van der Waals surface area contributed by atoms with Crippen molar-refractivity contribution >= 4 is 40.6 Å². The molecule has 0 saturated carbocycles. The van der Waals surface area contributed by atoms with Gasteiger partial charge in [-0.1, -0.05) is 23.2 Å². The van der Waals surface area contributed by atoms with Crippen LogP contribution in [0.3, 0.4) is 0 Å². The first kappa shape index (κ1) is 17.3. The fraction of sp³-hybridized carbons (Fsp3) is 0.133. The average Bonchev–Trinajstić information content (AvgIpc) is 2.45. The Morgan fingerprint density at radius 3 is 2.61 bits per heavy atom. The summed E-state index contributed by atoms with van der Waals surface area (Å²) in [5.41, 5.74) is 0.784. The number of carbonyl (C=O) groups is 1. The predicted molar refractivity (Wildman–Crippen MR) is 88.0 cm³/mol. The molecule has 0 aliphatic heterocycles. The Bertz CT molecular complexity index is 741. The summed E-state index contributed by atoms with van der Waals surface area (Å²) < 4.78 is 18.3. The van der Waals surface area contributed by atoms with Crippen LogP contribution in [0.2, 0.25) is 10.0 Å². The molecule has 2 amide bonds. The first-order chi connectivity index (χ1) is 10.9. The van der Waals surface area contributed by atoms with Crippen LogP contribution >= 0.6 is 23.2 Å². The fourth-order valence-electron chi connectivity index (χ4n) is 1.91. The van der Waals surface area contributed by atoms with E-state index in [1.807, 2.05) is 0 Å². The van der Waals surface area contributed by atoms with E-state index in [1.165, 1.54) is 31.4 Å². The lowest BCUT2D eigenvalue weighted by Crippen LogP contribution is -2.20. The molecule has 122 valence electrons. The second-order valence-corrected chi connectivity index (χ2v) is 5.37. The molecule has 2 rings (SSSR count). The summed E-state index contributed by atoms with van der Waals surface area (Å²) >= 11 is 11.8. The van der Waals surface area contributed by atoms with E-state index in [0.717, 1.165) is 6.07 Å². The third-order valence-electron chi connectivity index (χ3n) is 2.93. The Labute approximate surface area is 142 Å². The summed E-state index contributed by atoms with van der Waals surface area (Å²) in [6.45, 7) is -0.376. The van der Waals surface area contributed by atoms with Gasteiger partial charge in [-0.3, -0.25) is 0 Å². The molecule has 0 aliphatic carbocycles. The zero-order valence-corrected chi connectivity index (χ0v) is 13.5. The molecule has 0 aliphatic rings. The maximum absolute atomic E-state index is 13.4. The highest BCUT2D eigenvalue weighted by atomic mass is 35.5. The number of aliphatic hydroxyl groups excluding tert-OH is 1. The third-order valence-corrected chi connectivity index (χ3v) is 3.49. The highest BCUT2D eigenvalue weighted by Crippen LogP contribution is 2.29. The molecule has 0 radical (unpaired) electrons. The van der Waals surface area contributed by atoms with E-state index < -0.39 is 11.8 Å². The van der Waals surface area contributed by atoms with E-state index in [-0.39, 0.29) is 28.8 Å².